The maximum Gasteiger partial charge on any atom is 0.0587 e. The Balaban J connectivity index is 1.43. The van der Waals surface area contributed by atoms with E-state index in [0.29, 0.717) is 5.41 Å². The zero-order chi connectivity index (χ0) is 14.0. The molecule has 0 atom stereocenters. The van der Waals surface area contributed by atoms with Crippen LogP contribution in [-0.4, -0.2) is 51.8 Å². The van der Waals surface area contributed by atoms with Crippen molar-refractivity contribution in [3.63, 3.8) is 0 Å². The second-order valence-corrected chi connectivity index (χ2v) is 7.90. The minimum absolute atomic E-state index is 0.691. The van der Waals surface area contributed by atoms with Gasteiger partial charge in [-0.2, -0.15) is 0 Å². The highest BCUT2D eigenvalue weighted by molar-refractivity contribution is 5.02. The van der Waals surface area contributed by atoms with Gasteiger partial charge < -0.3 is 15.0 Å². The lowest BCUT2D eigenvalue weighted by Crippen LogP contribution is -2.51. The smallest absolute Gasteiger partial charge is 0.0587 e. The third-order valence-electron chi connectivity index (χ3n) is 5.92. The third-order valence-corrected chi connectivity index (χ3v) is 5.92. The summed E-state index contributed by atoms with van der Waals surface area (Å²) in [6, 6.07) is 0. The number of hydrogen-bond acceptors (Lipinski definition) is 3. The fourth-order valence-corrected chi connectivity index (χ4v) is 5.70. The van der Waals surface area contributed by atoms with E-state index < -0.39 is 0 Å². The van der Waals surface area contributed by atoms with Crippen molar-refractivity contribution >= 4 is 0 Å². The number of rotatable bonds is 8. The van der Waals surface area contributed by atoms with Gasteiger partial charge in [-0.3, -0.25) is 0 Å². The molecule has 0 spiro atoms. The molecule has 4 aliphatic rings. The van der Waals surface area contributed by atoms with Crippen molar-refractivity contribution in [2.75, 3.05) is 46.9 Å². The van der Waals surface area contributed by atoms with Crippen LogP contribution in [0.3, 0.4) is 0 Å². The van der Waals surface area contributed by atoms with Crippen molar-refractivity contribution in [2.24, 2.45) is 23.2 Å². The van der Waals surface area contributed by atoms with Crippen molar-refractivity contribution in [2.45, 2.75) is 38.5 Å². The highest BCUT2D eigenvalue weighted by atomic mass is 16.5. The Morgan fingerprint density at radius 3 is 2.20 bits per heavy atom. The monoisotopic (exact) mass is 280 g/mol. The Kier molecular flexibility index (Phi) is 4.68. The Morgan fingerprint density at radius 1 is 1.05 bits per heavy atom. The Hall–Kier alpha value is -0.120. The Morgan fingerprint density at radius 2 is 1.65 bits per heavy atom. The first-order chi connectivity index (χ1) is 9.69. The quantitative estimate of drug-likeness (QED) is 0.691. The molecular weight excluding hydrogens is 248 g/mol. The van der Waals surface area contributed by atoms with E-state index in [1.165, 1.54) is 32.4 Å². The second-order valence-electron chi connectivity index (χ2n) is 7.90. The van der Waals surface area contributed by atoms with Gasteiger partial charge in [0, 0.05) is 33.3 Å². The average Bonchev–Trinajstić information content (AvgIpc) is 2.36. The first kappa shape index (κ1) is 14.8. The molecule has 3 nitrogen and oxygen atoms in total. The van der Waals surface area contributed by atoms with Crippen LogP contribution in [0.1, 0.15) is 38.5 Å². The molecule has 3 heteroatoms. The zero-order valence-electron chi connectivity index (χ0n) is 13.4. The van der Waals surface area contributed by atoms with Crippen molar-refractivity contribution in [3.05, 3.63) is 0 Å². The fraction of sp³-hybridized carbons (Fsp3) is 1.00. The minimum atomic E-state index is 0.691. The number of ether oxygens (including phenoxy) is 1. The lowest BCUT2D eigenvalue weighted by Gasteiger charge is -2.57. The molecule has 0 saturated heterocycles. The van der Waals surface area contributed by atoms with Crippen LogP contribution >= 0.6 is 0 Å². The third kappa shape index (κ3) is 3.37. The SMILES string of the molecule is COCCNCCN(C)CC12CC3CC(CC(C3)C1)C2. The van der Waals surface area contributed by atoms with Gasteiger partial charge in [0.25, 0.3) is 0 Å². The molecule has 116 valence electrons. The summed E-state index contributed by atoms with van der Waals surface area (Å²) in [6.07, 6.45) is 9.26. The van der Waals surface area contributed by atoms with E-state index in [2.05, 4.69) is 17.3 Å². The largest absolute Gasteiger partial charge is 0.383 e. The van der Waals surface area contributed by atoms with E-state index in [9.17, 15) is 0 Å². The van der Waals surface area contributed by atoms with Crippen LogP contribution in [0.2, 0.25) is 0 Å². The standard InChI is InChI=1S/C17H32N2O/c1-19(5-3-18-4-6-20-2)13-17-10-14-7-15(11-17)9-16(8-14)12-17/h14-16,18H,3-13H2,1-2H3. The number of nitrogens with zero attached hydrogens (tertiary/aromatic N) is 1. The lowest BCUT2D eigenvalue weighted by atomic mass is 9.49. The van der Waals surface area contributed by atoms with Gasteiger partial charge in [-0.05, 0) is 68.7 Å². The molecule has 0 unspecified atom stereocenters. The molecule has 0 heterocycles. The van der Waals surface area contributed by atoms with Crippen LogP contribution in [-0.2, 0) is 4.74 Å². The topological polar surface area (TPSA) is 24.5 Å². The van der Waals surface area contributed by atoms with Crippen LogP contribution in [0.5, 0.6) is 0 Å². The summed E-state index contributed by atoms with van der Waals surface area (Å²) < 4.78 is 5.06. The van der Waals surface area contributed by atoms with E-state index >= 15 is 0 Å². The molecule has 0 aromatic heterocycles. The number of nitrogens with one attached hydrogen (secondary N) is 1. The predicted octanol–water partition coefficient (Wildman–Crippen LogP) is 2.37. The normalized spacial score (nSPS) is 38.9. The first-order valence-corrected chi connectivity index (χ1v) is 8.57. The van der Waals surface area contributed by atoms with E-state index in [-0.39, 0.29) is 0 Å². The van der Waals surface area contributed by atoms with Gasteiger partial charge in [0.1, 0.15) is 0 Å². The van der Waals surface area contributed by atoms with Gasteiger partial charge >= 0.3 is 0 Å². The molecular formula is C17H32N2O. The maximum atomic E-state index is 5.06. The summed E-state index contributed by atoms with van der Waals surface area (Å²) in [5.74, 6) is 3.23. The summed E-state index contributed by atoms with van der Waals surface area (Å²) in [4.78, 5) is 2.58. The molecule has 4 aliphatic carbocycles. The predicted molar refractivity (Wildman–Crippen MR) is 82.8 cm³/mol. The van der Waals surface area contributed by atoms with Gasteiger partial charge in [-0.1, -0.05) is 0 Å². The summed E-state index contributed by atoms with van der Waals surface area (Å²) in [6.45, 7) is 5.39. The molecule has 0 aliphatic heterocycles. The van der Waals surface area contributed by atoms with Gasteiger partial charge in [0.05, 0.1) is 6.61 Å². The van der Waals surface area contributed by atoms with Crippen molar-refractivity contribution in [3.8, 4) is 0 Å². The molecule has 1 N–H and O–H groups in total. The minimum Gasteiger partial charge on any atom is -0.383 e. The highest BCUT2D eigenvalue weighted by Crippen LogP contribution is 2.60. The first-order valence-electron chi connectivity index (χ1n) is 8.57. The van der Waals surface area contributed by atoms with E-state index in [0.717, 1.165) is 37.5 Å². The van der Waals surface area contributed by atoms with Gasteiger partial charge in [-0.25, -0.2) is 0 Å². The molecule has 4 rings (SSSR count). The van der Waals surface area contributed by atoms with Gasteiger partial charge in [0.2, 0.25) is 0 Å². The fourth-order valence-electron chi connectivity index (χ4n) is 5.70. The summed E-state index contributed by atoms with van der Waals surface area (Å²) in [5, 5.41) is 3.46. The van der Waals surface area contributed by atoms with Crippen LogP contribution in [0.4, 0.5) is 0 Å². The van der Waals surface area contributed by atoms with Crippen molar-refractivity contribution < 1.29 is 4.74 Å². The number of hydrogen-bond donors (Lipinski definition) is 1. The van der Waals surface area contributed by atoms with Crippen LogP contribution in [0.15, 0.2) is 0 Å². The maximum absolute atomic E-state index is 5.06. The summed E-state index contributed by atoms with van der Waals surface area (Å²) in [5.41, 5.74) is 0.691. The molecule has 4 bridgehead atoms. The van der Waals surface area contributed by atoms with E-state index in [1.54, 1.807) is 26.4 Å². The summed E-state index contributed by atoms with van der Waals surface area (Å²) in [7, 11) is 4.08. The van der Waals surface area contributed by atoms with Crippen molar-refractivity contribution in [1.29, 1.82) is 0 Å². The Bertz CT molecular complexity index is 283. The molecule has 20 heavy (non-hydrogen) atoms. The number of methoxy groups -OCH3 is 1. The zero-order valence-corrected chi connectivity index (χ0v) is 13.4. The van der Waals surface area contributed by atoms with E-state index in [1.807, 2.05) is 0 Å². The van der Waals surface area contributed by atoms with Crippen LogP contribution < -0.4 is 5.32 Å². The molecule has 0 amide bonds. The second kappa shape index (κ2) is 6.33. The molecule has 0 aromatic carbocycles. The molecule has 0 aromatic rings. The highest BCUT2D eigenvalue weighted by Gasteiger charge is 2.50. The molecule has 4 saturated carbocycles. The van der Waals surface area contributed by atoms with Gasteiger partial charge in [0.15, 0.2) is 0 Å². The molecule has 0 radical (unpaired) electrons. The summed E-state index contributed by atoms with van der Waals surface area (Å²) >= 11 is 0. The average molecular weight is 280 g/mol. The van der Waals surface area contributed by atoms with Gasteiger partial charge in [-0.15, -0.1) is 0 Å². The van der Waals surface area contributed by atoms with Crippen LogP contribution in [0.25, 0.3) is 0 Å². The van der Waals surface area contributed by atoms with E-state index in [4.69, 9.17) is 4.74 Å². The van der Waals surface area contributed by atoms with Crippen LogP contribution in [0, 0.1) is 23.2 Å². The molecule has 4 fully saturated rings. The number of likely N-dealkylation sites (N-methyl/N-ethyl adjacent to an activating group) is 1. The lowest BCUT2D eigenvalue weighted by molar-refractivity contribution is -0.0659. The Labute approximate surface area is 124 Å². The van der Waals surface area contributed by atoms with Crippen molar-refractivity contribution in [1.82, 2.24) is 10.2 Å².